The van der Waals surface area contributed by atoms with Crippen molar-refractivity contribution < 1.29 is 9.21 Å². The first kappa shape index (κ1) is 18.5. The standard InChI is InChI=1S/C18H23N5O2S/c1-3-22(4-2)14(15-8-7-11-25-15)12-19-17(24)13-26-18-21-20-16-9-5-6-10-23(16)18/h5-11,14H,3-4,12-13H2,1-2H3,(H,19,24). The lowest BCUT2D eigenvalue weighted by molar-refractivity contribution is -0.118. The second kappa shape index (κ2) is 8.86. The van der Waals surface area contributed by atoms with Gasteiger partial charge in [0.05, 0.1) is 18.1 Å². The largest absolute Gasteiger partial charge is 0.468 e. The molecule has 3 aromatic heterocycles. The van der Waals surface area contributed by atoms with Gasteiger partial charge in [-0.15, -0.1) is 10.2 Å². The number of fused-ring (bicyclic) bond motifs is 1. The van der Waals surface area contributed by atoms with E-state index in [1.807, 2.05) is 40.9 Å². The molecule has 1 unspecified atom stereocenters. The van der Waals surface area contributed by atoms with Gasteiger partial charge in [0, 0.05) is 12.7 Å². The van der Waals surface area contributed by atoms with Crippen LogP contribution in [-0.4, -0.2) is 50.8 Å². The molecule has 138 valence electrons. The molecule has 7 nitrogen and oxygen atoms in total. The van der Waals surface area contributed by atoms with Crippen molar-refractivity contribution in [3.63, 3.8) is 0 Å². The molecule has 0 spiro atoms. The van der Waals surface area contributed by atoms with Crippen LogP contribution in [0.3, 0.4) is 0 Å². The zero-order chi connectivity index (χ0) is 18.4. The molecule has 0 aliphatic rings. The molecule has 0 fully saturated rings. The van der Waals surface area contributed by atoms with Crippen molar-refractivity contribution in [1.82, 2.24) is 24.8 Å². The number of pyridine rings is 1. The molecule has 0 aliphatic heterocycles. The molecular weight excluding hydrogens is 350 g/mol. The van der Waals surface area contributed by atoms with Crippen molar-refractivity contribution >= 4 is 23.3 Å². The smallest absolute Gasteiger partial charge is 0.230 e. The van der Waals surface area contributed by atoms with Gasteiger partial charge >= 0.3 is 0 Å². The Morgan fingerprint density at radius 1 is 1.27 bits per heavy atom. The molecule has 1 N–H and O–H groups in total. The van der Waals surface area contributed by atoms with Crippen LogP contribution in [0.4, 0.5) is 0 Å². The summed E-state index contributed by atoms with van der Waals surface area (Å²) in [6.07, 6.45) is 3.56. The number of carbonyl (C=O) groups excluding carboxylic acids is 1. The van der Waals surface area contributed by atoms with Crippen LogP contribution in [0.15, 0.2) is 52.4 Å². The Morgan fingerprint density at radius 2 is 2.12 bits per heavy atom. The van der Waals surface area contributed by atoms with Crippen molar-refractivity contribution in [3.8, 4) is 0 Å². The van der Waals surface area contributed by atoms with Gasteiger partial charge in [0.2, 0.25) is 5.91 Å². The predicted octanol–water partition coefficient (Wildman–Crippen LogP) is 2.61. The summed E-state index contributed by atoms with van der Waals surface area (Å²) < 4.78 is 7.43. The number of amides is 1. The molecular formula is C18H23N5O2S. The number of aromatic nitrogens is 3. The Kier molecular flexibility index (Phi) is 6.30. The highest BCUT2D eigenvalue weighted by molar-refractivity contribution is 7.99. The number of hydrogen-bond donors (Lipinski definition) is 1. The van der Waals surface area contributed by atoms with Gasteiger partial charge in [-0.25, -0.2) is 0 Å². The van der Waals surface area contributed by atoms with Crippen LogP contribution in [0, 0.1) is 0 Å². The minimum atomic E-state index is -0.0357. The summed E-state index contributed by atoms with van der Waals surface area (Å²) in [7, 11) is 0. The predicted molar refractivity (Wildman–Crippen MR) is 101 cm³/mol. The van der Waals surface area contributed by atoms with E-state index in [1.54, 1.807) is 6.26 Å². The fraction of sp³-hybridized carbons (Fsp3) is 0.389. The average Bonchev–Trinajstić information content (AvgIpc) is 3.33. The number of thioether (sulfide) groups is 1. The lowest BCUT2D eigenvalue weighted by Gasteiger charge is -2.28. The van der Waals surface area contributed by atoms with Crippen LogP contribution in [0.25, 0.3) is 5.65 Å². The Bertz CT molecular complexity index is 829. The fourth-order valence-electron chi connectivity index (χ4n) is 2.86. The molecule has 0 aromatic carbocycles. The molecule has 0 bridgehead atoms. The molecule has 1 atom stereocenters. The molecule has 3 heterocycles. The van der Waals surface area contributed by atoms with Gasteiger partial charge in [-0.1, -0.05) is 31.7 Å². The number of carbonyl (C=O) groups is 1. The Balaban J connectivity index is 1.56. The maximum Gasteiger partial charge on any atom is 0.230 e. The SMILES string of the molecule is CCN(CC)C(CNC(=O)CSc1nnc2ccccn12)c1ccco1. The van der Waals surface area contributed by atoms with E-state index in [4.69, 9.17) is 4.42 Å². The summed E-state index contributed by atoms with van der Waals surface area (Å²) in [4.78, 5) is 14.6. The highest BCUT2D eigenvalue weighted by atomic mass is 32.2. The maximum atomic E-state index is 12.3. The average molecular weight is 373 g/mol. The van der Waals surface area contributed by atoms with Crippen molar-refractivity contribution in [2.75, 3.05) is 25.4 Å². The zero-order valence-corrected chi connectivity index (χ0v) is 15.8. The van der Waals surface area contributed by atoms with E-state index in [0.717, 1.165) is 24.5 Å². The number of likely N-dealkylation sites (N-methyl/N-ethyl adjacent to an activating group) is 1. The van der Waals surface area contributed by atoms with Gasteiger partial charge < -0.3 is 9.73 Å². The van der Waals surface area contributed by atoms with Gasteiger partial charge in [-0.3, -0.25) is 14.1 Å². The lowest BCUT2D eigenvalue weighted by Crippen LogP contribution is -2.38. The normalized spacial score (nSPS) is 12.6. The number of nitrogens with zero attached hydrogens (tertiary/aromatic N) is 4. The second-order valence-electron chi connectivity index (χ2n) is 5.76. The summed E-state index contributed by atoms with van der Waals surface area (Å²) in [5.41, 5.74) is 0.773. The maximum absolute atomic E-state index is 12.3. The molecule has 0 aliphatic carbocycles. The third kappa shape index (κ3) is 4.25. The summed E-state index contributed by atoms with van der Waals surface area (Å²) in [5, 5.41) is 11.9. The first-order valence-corrected chi connectivity index (χ1v) is 9.68. The monoisotopic (exact) mass is 373 g/mol. The number of nitrogens with one attached hydrogen (secondary N) is 1. The van der Waals surface area contributed by atoms with Crippen molar-refractivity contribution in [3.05, 3.63) is 48.6 Å². The van der Waals surface area contributed by atoms with Crippen LogP contribution >= 0.6 is 11.8 Å². The van der Waals surface area contributed by atoms with Crippen LogP contribution in [-0.2, 0) is 4.79 Å². The highest BCUT2D eigenvalue weighted by Crippen LogP contribution is 2.20. The van der Waals surface area contributed by atoms with E-state index in [1.165, 1.54) is 11.8 Å². The van der Waals surface area contributed by atoms with Gasteiger partial charge in [0.1, 0.15) is 5.76 Å². The fourth-order valence-corrected chi connectivity index (χ4v) is 3.62. The van der Waals surface area contributed by atoms with E-state index < -0.39 is 0 Å². The molecule has 3 rings (SSSR count). The van der Waals surface area contributed by atoms with E-state index in [9.17, 15) is 4.79 Å². The second-order valence-corrected chi connectivity index (χ2v) is 6.70. The lowest BCUT2D eigenvalue weighted by atomic mass is 10.2. The zero-order valence-electron chi connectivity index (χ0n) is 15.0. The summed E-state index contributed by atoms with van der Waals surface area (Å²) in [5.74, 6) is 1.12. The minimum absolute atomic E-state index is 0.0304. The summed E-state index contributed by atoms with van der Waals surface area (Å²) in [6, 6.07) is 9.57. The first-order valence-electron chi connectivity index (χ1n) is 8.69. The van der Waals surface area contributed by atoms with Crippen molar-refractivity contribution in [1.29, 1.82) is 0 Å². The number of hydrogen-bond acceptors (Lipinski definition) is 6. The molecule has 26 heavy (non-hydrogen) atoms. The molecule has 0 saturated carbocycles. The van der Waals surface area contributed by atoms with Crippen LogP contribution in [0.2, 0.25) is 0 Å². The van der Waals surface area contributed by atoms with Gasteiger partial charge in [0.15, 0.2) is 10.8 Å². The summed E-state index contributed by atoms with van der Waals surface area (Å²) >= 11 is 1.37. The summed E-state index contributed by atoms with van der Waals surface area (Å²) in [6.45, 7) is 6.49. The molecule has 0 radical (unpaired) electrons. The quantitative estimate of drug-likeness (QED) is 0.581. The highest BCUT2D eigenvalue weighted by Gasteiger charge is 2.21. The Labute approximate surface area is 156 Å². The first-order chi connectivity index (χ1) is 12.7. The Morgan fingerprint density at radius 3 is 2.85 bits per heavy atom. The molecule has 8 heteroatoms. The molecule has 3 aromatic rings. The van der Waals surface area contributed by atoms with Crippen LogP contribution in [0.5, 0.6) is 0 Å². The molecule has 1 amide bonds. The van der Waals surface area contributed by atoms with Crippen molar-refractivity contribution in [2.45, 2.75) is 25.0 Å². The number of rotatable bonds is 9. The van der Waals surface area contributed by atoms with Gasteiger partial charge in [-0.05, 0) is 37.4 Å². The molecule has 0 saturated heterocycles. The van der Waals surface area contributed by atoms with E-state index in [0.29, 0.717) is 17.5 Å². The van der Waals surface area contributed by atoms with E-state index in [-0.39, 0.29) is 11.9 Å². The third-order valence-corrected chi connectivity index (χ3v) is 5.18. The van der Waals surface area contributed by atoms with E-state index >= 15 is 0 Å². The van der Waals surface area contributed by atoms with Gasteiger partial charge in [-0.2, -0.15) is 0 Å². The van der Waals surface area contributed by atoms with E-state index in [2.05, 4.69) is 34.3 Å². The number of furan rings is 1. The topological polar surface area (TPSA) is 75.7 Å². The Hall–Kier alpha value is -2.32. The van der Waals surface area contributed by atoms with Gasteiger partial charge in [0.25, 0.3) is 0 Å². The van der Waals surface area contributed by atoms with Crippen LogP contribution < -0.4 is 5.32 Å². The minimum Gasteiger partial charge on any atom is -0.468 e. The van der Waals surface area contributed by atoms with Crippen molar-refractivity contribution in [2.24, 2.45) is 0 Å². The van der Waals surface area contributed by atoms with Crippen LogP contribution in [0.1, 0.15) is 25.6 Å². The third-order valence-electron chi connectivity index (χ3n) is 4.23.